The Kier molecular flexibility index (Phi) is 5.84. The Bertz CT molecular complexity index is 909. The van der Waals surface area contributed by atoms with Gasteiger partial charge in [-0.25, -0.2) is 0 Å². The number of aromatic nitrogens is 1. The maximum atomic E-state index is 6.10. The van der Waals surface area contributed by atoms with Crippen LogP contribution in [-0.4, -0.2) is 28.2 Å². The lowest BCUT2D eigenvalue weighted by molar-refractivity contribution is 0.225. The van der Waals surface area contributed by atoms with Crippen molar-refractivity contribution in [3.8, 4) is 0 Å². The number of hydrogen-bond acceptors (Lipinski definition) is 3. The molecule has 26 heavy (non-hydrogen) atoms. The Morgan fingerprint density at radius 2 is 1.96 bits per heavy atom. The van der Waals surface area contributed by atoms with Gasteiger partial charge < -0.3 is 0 Å². The first-order chi connectivity index (χ1) is 12.7. The number of benzene rings is 2. The standard InChI is InChI=1S/C21H20BrClN2S/c22-20-11-17-13-24-7-4-16(17)12-21(20)26-19-5-8-25(9-6-19)14-15-2-1-3-18(23)10-15/h1-4,7,10-13,19H,5-6,8-9,14H2. The number of hydrogen-bond donors (Lipinski definition) is 0. The van der Waals surface area contributed by atoms with Crippen LogP contribution in [0, 0.1) is 0 Å². The van der Waals surface area contributed by atoms with E-state index in [1.807, 2.05) is 36.3 Å². The minimum absolute atomic E-state index is 0.668. The first-order valence-electron chi connectivity index (χ1n) is 8.84. The van der Waals surface area contributed by atoms with Gasteiger partial charge in [0.25, 0.3) is 0 Å². The molecule has 0 N–H and O–H groups in total. The van der Waals surface area contributed by atoms with E-state index < -0.39 is 0 Å². The lowest BCUT2D eigenvalue weighted by Crippen LogP contribution is -2.34. The first kappa shape index (κ1) is 18.3. The van der Waals surface area contributed by atoms with E-state index in [0.29, 0.717) is 5.25 Å². The number of fused-ring (bicyclic) bond motifs is 1. The third kappa shape index (κ3) is 4.42. The van der Waals surface area contributed by atoms with E-state index >= 15 is 0 Å². The maximum Gasteiger partial charge on any atom is 0.0409 e. The van der Waals surface area contributed by atoms with Crippen LogP contribution in [-0.2, 0) is 6.54 Å². The number of pyridine rings is 1. The Hall–Kier alpha value is -1.07. The highest BCUT2D eigenvalue weighted by Crippen LogP contribution is 2.37. The van der Waals surface area contributed by atoms with Crippen LogP contribution >= 0.6 is 39.3 Å². The molecule has 1 fully saturated rings. The summed E-state index contributed by atoms with van der Waals surface area (Å²) in [5, 5.41) is 3.93. The SMILES string of the molecule is Clc1cccc(CN2CCC(Sc3cc4ccncc4cc3Br)CC2)c1. The van der Waals surface area contributed by atoms with Gasteiger partial charge in [-0.3, -0.25) is 9.88 Å². The molecule has 1 aromatic heterocycles. The highest BCUT2D eigenvalue weighted by Gasteiger charge is 2.21. The van der Waals surface area contributed by atoms with Crippen LogP contribution in [0.1, 0.15) is 18.4 Å². The molecule has 0 saturated carbocycles. The summed E-state index contributed by atoms with van der Waals surface area (Å²) in [5.74, 6) is 0. The summed E-state index contributed by atoms with van der Waals surface area (Å²) in [6.07, 6.45) is 6.21. The Balaban J connectivity index is 1.37. The van der Waals surface area contributed by atoms with Crippen LogP contribution in [0.2, 0.25) is 5.02 Å². The second kappa shape index (κ2) is 8.30. The summed E-state index contributed by atoms with van der Waals surface area (Å²) in [5.41, 5.74) is 1.30. The van der Waals surface area contributed by atoms with Crippen LogP contribution in [0.3, 0.4) is 0 Å². The Morgan fingerprint density at radius 3 is 2.77 bits per heavy atom. The zero-order valence-corrected chi connectivity index (χ0v) is 17.5. The third-order valence-corrected chi connectivity index (χ3v) is 7.36. The molecule has 1 aliphatic heterocycles. The van der Waals surface area contributed by atoms with Crippen molar-refractivity contribution in [1.82, 2.24) is 9.88 Å². The highest BCUT2D eigenvalue weighted by atomic mass is 79.9. The maximum absolute atomic E-state index is 6.10. The average molecular weight is 448 g/mol. The number of rotatable bonds is 4. The lowest BCUT2D eigenvalue weighted by atomic mass is 10.1. The molecule has 2 nitrogen and oxygen atoms in total. The van der Waals surface area contributed by atoms with E-state index in [1.54, 1.807) is 0 Å². The van der Waals surface area contributed by atoms with E-state index in [1.165, 1.54) is 38.5 Å². The third-order valence-electron chi connectivity index (χ3n) is 4.81. The normalized spacial score (nSPS) is 16.2. The average Bonchev–Trinajstić information content (AvgIpc) is 2.64. The molecule has 3 aromatic rings. The predicted octanol–water partition coefficient (Wildman–Crippen LogP) is 6.41. The van der Waals surface area contributed by atoms with Crippen molar-refractivity contribution in [2.24, 2.45) is 0 Å². The van der Waals surface area contributed by atoms with E-state index in [2.05, 4.69) is 56.1 Å². The van der Waals surface area contributed by atoms with E-state index in [0.717, 1.165) is 24.7 Å². The molecule has 0 aliphatic carbocycles. The van der Waals surface area contributed by atoms with Crippen molar-refractivity contribution in [3.63, 3.8) is 0 Å². The van der Waals surface area contributed by atoms with Gasteiger partial charge in [0.1, 0.15) is 0 Å². The molecule has 0 radical (unpaired) electrons. The predicted molar refractivity (Wildman–Crippen MR) is 115 cm³/mol. The van der Waals surface area contributed by atoms with Gasteiger partial charge in [0.15, 0.2) is 0 Å². The van der Waals surface area contributed by atoms with Crippen LogP contribution in [0.5, 0.6) is 0 Å². The van der Waals surface area contributed by atoms with E-state index in [4.69, 9.17) is 11.6 Å². The van der Waals surface area contributed by atoms with Crippen molar-refractivity contribution in [2.75, 3.05) is 13.1 Å². The second-order valence-electron chi connectivity index (χ2n) is 6.73. The number of nitrogens with zero attached hydrogens (tertiary/aromatic N) is 2. The van der Waals surface area contributed by atoms with Crippen LogP contribution < -0.4 is 0 Å². The first-order valence-corrected chi connectivity index (χ1v) is 10.9. The molecule has 0 bridgehead atoms. The van der Waals surface area contributed by atoms with Gasteiger partial charge in [-0.1, -0.05) is 23.7 Å². The van der Waals surface area contributed by atoms with Gasteiger partial charge in [0.2, 0.25) is 0 Å². The quantitative estimate of drug-likeness (QED) is 0.460. The number of likely N-dealkylation sites (tertiary alicyclic amines) is 1. The van der Waals surface area contributed by atoms with Crippen molar-refractivity contribution in [3.05, 3.63) is 69.9 Å². The van der Waals surface area contributed by atoms with Gasteiger partial charge >= 0.3 is 0 Å². The zero-order chi connectivity index (χ0) is 17.9. The van der Waals surface area contributed by atoms with Crippen molar-refractivity contribution >= 4 is 50.1 Å². The minimum atomic E-state index is 0.668. The van der Waals surface area contributed by atoms with Crippen LogP contribution in [0.4, 0.5) is 0 Å². The van der Waals surface area contributed by atoms with Crippen LogP contribution in [0.15, 0.2) is 64.2 Å². The summed E-state index contributed by atoms with van der Waals surface area (Å²) < 4.78 is 1.17. The highest BCUT2D eigenvalue weighted by molar-refractivity contribution is 9.10. The lowest BCUT2D eigenvalue weighted by Gasteiger charge is -2.31. The van der Waals surface area contributed by atoms with E-state index in [9.17, 15) is 0 Å². The fourth-order valence-electron chi connectivity index (χ4n) is 3.44. The Labute approximate surface area is 172 Å². The molecular weight excluding hydrogens is 428 g/mol. The molecule has 134 valence electrons. The number of halogens is 2. The molecule has 0 amide bonds. The molecule has 5 heteroatoms. The fourth-order valence-corrected chi connectivity index (χ4v) is 5.46. The molecule has 2 aromatic carbocycles. The summed E-state index contributed by atoms with van der Waals surface area (Å²) in [6.45, 7) is 3.27. The summed E-state index contributed by atoms with van der Waals surface area (Å²) in [7, 11) is 0. The van der Waals surface area contributed by atoms with Crippen molar-refractivity contribution in [2.45, 2.75) is 29.5 Å². The number of thioether (sulfide) groups is 1. The molecule has 0 atom stereocenters. The summed E-state index contributed by atoms with van der Waals surface area (Å²) in [4.78, 5) is 8.07. The van der Waals surface area contributed by atoms with Gasteiger partial charge in [0, 0.05) is 44.0 Å². The molecule has 1 saturated heterocycles. The molecule has 4 rings (SSSR count). The van der Waals surface area contributed by atoms with Crippen molar-refractivity contribution < 1.29 is 0 Å². The van der Waals surface area contributed by atoms with Gasteiger partial charge in [-0.05, 0) is 83.1 Å². The Morgan fingerprint density at radius 1 is 1.12 bits per heavy atom. The topological polar surface area (TPSA) is 16.1 Å². The largest absolute Gasteiger partial charge is 0.299 e. The van der Waals surface area contributed by atoms with Gasteiger partial charge in [-0.15, -0.1) is 11.8 Å². The number of piperidine rings is 1. The molecule has 0 spiro atoms. The van der Waals surface area contributed by atoms with Gasteiger partial charge in [0.05, 0.1) is 0 Å². The molecule has 0 unspecified atom stereocenters. The summed E-state index contributed by atoms with van der Waals surface area (Å²) in [6, 6.07) is 14.7. The smallest absolute Gasteiger partial charge is 0.0409 e. The summed E-state index contributed by atoms with van der Waals surface area (Å²) >= 11 is 11.8. The van der Waals surface area contributed by atoms with Gasteiger partial charge in [-0.2, -0.15) is 0 Å². The molecule has 2 heterocycles. The van der Waals surface area contributed by atoms with Crippen molar-refractivity contribution in [1.29, 1.82) is 0 Å². The fraction of sp³-hybridized carbons (Fsp3) is 0.286. The molecule has 1 aliphatic rings. The minimum Gasteiger partial charge on any atom is -0.299 e. The van der Waals surface area contributed by atoms with Crippen LogP contribution in [0.25, 0.3) is 10.8 Å². The monoisotopic (exact) mass is 446 g/mol. The zero-order valence-electron chi connectivity index (χ0n) is 14.4. The molecular formula is C21H20BrClN2S. The second-order valence-corrected chi connectivity index (χ2v) is 9.36. The van der Waals surface area contributed by atoms with E-state index in [-0.39, 0.29) is 0 Å².